The summed E-state index contributed by atoms with van der Waals surface area (Å²) in [6, 6.07) is 15.1. The largest absolute Gasteiger partial charge is 0.497 e. The molecule has 26 heavy (non-hydrogen) atoms. The Morgan fingerprint density at radius 1 is 1.04 bits per heavy atom. The molecule has 1 heterocycles. The number of nitrogens with zero attached hydrogens (tertiary/aromatic N) is 1. The molecule has 2 N–H and O–H groups in total. The predicted octanol–water partition coefficient (Wildman–Crippen LogP) is 3.69. The van der Waals surface area contributed by atoms with Gasteiger partial charge in [0.1, 0.15) is 11.5 Å². The second kappa shape index (κ2) is 8.20. The fourth-order valence-electron chi connectivity index (χ4n) is 2.67. The lowest BCUT2D eigenvalue weighted by molar-refractivity contribution is -0.115. The molecular formula is C20H21N3O3. The van der Waals surface area contributed by atoms with Gasteiger partial charge in [-0.25, -0.2) is 0 Å². The van der Waals surface area contributed by atoms with E-state index in [0.29, 0.717) is 24.5 Å². The number of para-hydroxylation sites is 1. The molecule has 0 saturated carbocycles. The number of fused-ring (bicyclic) bond motifs is 1. The van der Waals surface area contributed by atoms with Gasteiger partial charge in [-0.1, -0.05) is 18.2 Å². The number of amides is 1. The Balaban J connectivity index is 1.59. The standard InChI is InChI=1S/C20H21N3O3/c1-25-15-8-9-16(18(13-15)26-2)21-12-10-19(24)23-17-7-3-5-14-6-4-11-22-20(14)17/h3-9,11,13,21H,10,12H2,1-2H3,(H,23,24). The summed E-state index contributed by atoms with van der Waals surface area (Å²) in [5.74, 6) is 1.31. The quantitative estimate of drug-likeness (QED) is 0.679. The van der Waals surface area contributed by atoms with Crippen molar-refractivity contribution in [3.63, 3.8) is 0 Å². The first-order valence-electron chi connectivity index (χ1n) is 8.31. The fraction of sp³-hybridized carbons (Fsp3) is 0.200. The second-order valence-electron chi connectivity index (χ2n) is 5.67. The van der Waals surface area contributed by atoms with E-state index in [1.807, 2.05) is 42.5 Å². The van der Waals surface area contributed by atoms with Crippen LogP contribution in [0.25, 0.3) is 10.9 Å². The average molecular weight is 351 g/mol. The number of aromatic nitrogens is 1. The monoisotopic (exact) mass is 351 g/mol. The van der Waals surface area contributed by atoms with Crippen LogP contribution in [0, 0.1) is 0 Å². The van der Waals surface area contributed by atoms with Gasteiger partial charge in [-0.05, 0) is 24.3 Å². The molecule has 1 amide bonds. The first-order chi connectivity index (χ1) is 12.7. The highest BCUT2D eigenvalue weighted by Gasteiger charge is 2.08. The summed E-state index contributed by atoms with van der Waals surface area (Å²) < 4.78 is 10.5. The lowest BCUT2D eigenvalue weighted by atomic mass is 10.2. The highest BCUT2D eigenvalue weighted by Crippen LogP contribution is 2.29. The Morgan fingerprint density at radius 2 is 1.88 bits per heavy atom. The van der Waals surface area contributed by atoms with Crippen molar-refractivity contribution in [1.29, 1.82) is 0 Å². The highest BCUT2D eigenvalue weighted by molar-refractivity contribution is 6.00. The lowest BCUT2D eigenvalue weighted by Crippen LogP contribution is -2.16. The smallest absolute Gasteiger partial charge is 0.226 e. The third kappa shape index (κ3) is 4.03. The minimum atomic E-state index is -0.0804. The minimum Gasteiger partial charge on any atom is -0.497 e. The van der Waals surface area contributed by atoms with Crippen LogP contribution < -0.4 is 20.1 Å². The van der Waals surface area contributed by atoms with Gasteiger partial charge in [0.2, 0.25) is 5.91 Å². The van der Waals surface area contributed by atoms with Crippen LogP contribution in [-0.4, -0.2) is 31.7 Å². The molecule has 2 aromatic carbocycles. The lowest BCUT2D eigenvalue weighted by Gasteiger charge is -2.13. The van der Waals surface area contributed by atoms with Crippen molar-refractivity contribution >= 4 is 28.2 Å². The van der Waals surface area contributed by atoms with Crippen molar-refractivity contribution < 1.29 is 14.3 Å². The van der Waals surface area contributed by atoms with E-state index in [4.69, 9.17) is 9.47 Å². The van der Waals surface area contributed by atoms with Crippen molar-refractivity contribution in [3.8, 4) is 11.5 Å². The fourth-order valence-corrected chi connectivity index (χ4v) is 2.67. The first kappa shape index (κ1) is 17.5. The molecule has 0 fully saturated rings. The van der Waals surface area contributed by atoms with Crippen LogP contribution in [0.1, 0.15) is 6.42 Å². The third-order valence-corrected chi connectivity index (χ3v) is 3.98. The van der Waals surface area contributed by atoms with E-state index in [1.54, 1.807) is 26.5 Å². The summed E-state index contributed by atoms with van der Waals surface area (Å²) in [5, 5.41) is 7.13. The van der Waals surface area contributed by atoms with Crippen LogP contribution in [0.15, 0.2) is 54.7 Å². The number of rotatable bonds is 7. The molecule has 0 aliphatic heterocycles. The van der Waals surface area contributed by atoms with Gasteiger partial charge in [0.15, 0.2) is 0 Å². The van der Waals surface area contributed by atoms with Gasteiger partial charge in [0.05, 0.1) is 31.1 Å². The molecule has 1 aromatic heterocycles. The summed E-state index contributed by atoms with van der Waals surface area (Å²) in [6.45, 7) is 0.479. The molecule has 3 aromatic rings. The molecular weight excluding hydrogens is 330 g/mol. The van der Waals surface area contributed by atoms with Crippen molar-refractivity contribution in [2.45, 2.75) is 6.42 Å². The zero-order valence-electron chi connectivity index (χ0n) is 14.8. The van der Waals surface area contributed by atoms with Crippen LogP contribution in [-0.2, 0) is 4.79 Å². The Kier molecular flexibility index (Phi) is 5.53. The van der Waals surface area contributed by atoms with E-state index in [1.165, 1.54) is 0 Å². The van der Waals surface area contributed by atoms with Crippen LogP contribution in [0.5, 0.6) is 11.5 Å². The zero-order valence-corrected chi connectivity index (χ0v) is 14.8. The van der Waals surface area contributed by atoms with Crippen molar-refractivity contribution in [2.75, 3.05) is 31.4 Å². The van der Waals surface area contributed by atoms with Gasteiger partial charge in [0, 0.05) is 30.6 Å². The predicted molar refractivity (Wildman–Crippen MR) is 103 cm³/mol. The summed E-state index contributed by atoms with van der Waals surface area (Å²) in [6.07, 6.45) is 2.04. The molecule has 0 aliphatic rings. The number of ether oxygens (including phenoxy) is 2. The number of anilines is 2. The molecule has 0 saturated heterocycles. The highest BCUT2D eigenvalue weighted by atomic mass is 16.5. The van der Waals surface area contributed by atoms with Crippen LogP contribution in [0.3, 0.4) is 0 Å². The topological polar surface area (TPSA) is 72.5 Å². The van der Waals surface area contributed by atoms with E-state index in [2.05, 4.69) is 15.6 Å². The number of pyridine rings is 1. The second-order valence-corrected chi connectivity index (χ2v) is 5.67. The maximum absolute atomic E-state index is 12.3. The van der Waals surface area contributed by atoms with Gasteiger partial charge in [0.25, 0.3) is 0 Å². The van der Waals surface area contributed by atoms with Crippen molar-refractivity contribution in [3.05, 3.63) is 54.7 Å². The van der Waals surface area contributed by atoms with Crippen molar-refractivity contribution in [2.24, 2.45) is 0 Å². The Bertz CT molecular complexity index is 906. The Labute approximate surface area is 152 Å². The number of carbonyl (C=O) groups is 1. The first-order valence-corrected chi connectivity index (χ1v) is 8.31. The normalized spacial score (nSPS) is 10.4. The van der Waals surface area contributed by atoms with Gasteiger partial charge >= 0.3 is 0 Å². The van der Waals surface area contributed by atoms with Crippen LogP contribution in [0.4, 0.5) is 11.4 Å². The SMILES string of the molecule is COc1ccc(NCCC(=O)Nc2cccc3cccnc23)c(OC)c1. The van der Waals surface area contributed by atoms with Gasteiger partial charge in [-0.2, -0.15) is 0 Å². The number of methoxy groups -OCH3 is 2. The maximum Gasteiger partial charge on any atom is 0.226 e. The number of carbonyl (C=O) groups excluding carboxylic acids is 1. The number of benzene rings is 2. The van der Waals surface area contributed by atoms with E-state index in [0.717, 1.165) is 22.3 Å². The molecule has 0 bridgehead atoms. The van der Waals surface area contributed by atoms with Gasteiger partial charge in [-0.3, -0.25) is 9.78 Å². The van der Waals surface area contributed by atoms with Gasteiger partial charge in [-0.15, -0.1) is 0 Å². The summed E-state index contributed by atoms with van der Waals surface area (Å²) in [4.78, 5) is 16.6. The van der Waals surface area contributed by atoms with E-state index >= 15 is 0 Å². The van der Waals surface area contributed by atoms with Crippen LogP contribution in [0.2, 0.25) is 0 Å². The number of nitrogens with one attached hydrogen (secondary N) is 2. The Morgan fingerprint density at radius 3 is 2.69 bits per heavy atom. The molecule has 0 spiro atoms. The number of hydrogen-bond donors (Lipinski definition) is 2. The van der Waals surface area contributed by atoms with E-state index in [-0.39, 0.29) is 5.91 Å². The molecule has 6 heteroatoms. The van der Waals surface area contributed by atoms with Crippen molar-refractivity contribution in [1.82, 2.24) is 4.98 Å². The summed E-state index contributed by atoms with van der Waals surface area (Å²) in [7, 11) is 3.20. The molecule has 3 rings (SSSR count). The number of hydrogen-bond acceptors (Lipinski definition) is 5. The van der Waals surface area contributed by atoms with Crippen LogP contribution >= 0.6 is 0 Å². The molecule has 0 unspecified atom stereocenters. The van der Waals surface area contributed by atoms with E-state index in [9.17, 15) is 4.79 Å². The molecule has 0 atom stereocenters. The Hall–Kier alpha value is -3.28. The summed E-state index contributed by atoms with van der Waals surface area (Å²) >= 11 is 0. The van der Waals surface area contributed by atoms with E-state index < -0.39 is 0 Å². The maximum atomic E-state index is 12.3. The average Bonchev–Trinajstić information content (AvgIpc) is 2.68. The molecule has 134 valence electrons. The molecule has 6 nitrogen and oxygen atoms in total. The molecule has 0 radical (unpaired) electrons. The minimum absolute atomic E-state index is 0.0804. The molecule has 0 aliphatic carbocycles. The zero-order chi connectivity index (χ0) is 18.4. The third-order valence-electron chi connectivity index (χ3n) is 3.98. The summed E-state index contributed by atoms with van der Waals surface area (Å²) in [5.41, 5.74) is 2.32. The van der Waals surface area contributed by atoms with Gasteiger partial charge < -0.3 is 20.1 Å².